The maximum atomic E-state index is 11.7. The third kappa shape index (κ3) is 3.66. The summed E-state index contributed by atoms with van der Waals surface area (Å²) in [5.74, 6) is -1.35. The van der Waals surface area contributed by atoms with Crippen LogP contribution in [0.3, 0.4) is 0 Å². The van der Waals surface area contributed by atoms with Crippen molar-refractivity contribution in [2.24, 2.45) is 0 Å². The molecule has 0 aromatic rings. The van der Waals surface area contributed by atoms with Crippen molar-refractivity contribution in [2.75, 3.05) is 20.3 Å². The fraction of sp³-hybridized carbons (Fsp3) is 0.636. The third-order valence-electron chi connectivity index (χ3n) is 2.64. The molecule has 0 spiro atoms. The first-order valence-electron chi connectivity index (χ1n) is 5.35. The van der Waals surface area contributed by atoms with Crippen LogP contribution in [-0.4, -0.2) is 48.2 Å². The number of rotatable bonds is 4. The van der Waals surface area contributed by atoms with Gasteiger partial charge in [-0.15, -0.1) is 0 Å². The minimum atomic E-state index is -1.10. The van der Waals surface area contributed by atoms with Crippen LogP contribution in [0.25, 0.3) is 0 Å². The molecule has 1 N–H and O–H groups in total. The molecule has 0 saturated carbocycles. The summed E-state index contributed by atoms with van der Waals surface area (Å²) >= 11 is 0. The fourth-order valence-electron chi connectivity index (χ4n) is 1.89. The second-order valence-corrected chi connectivity index (χ2v) is 3.81. The largest absolute Gasteiger partial charge is 0.478 e. The van der Waals surface area contributed by atoms with Crippen LogP contribution in [0.1, 0.15) is 19.3 Å². The zero-order valence-electron chi connectivity index (χ0n) is 9.39. The van der Waals surface area contributed by atoms with Gasteiger partial charge < -0.3 is 14.7 Å². The van der Waals surface area contributed by atoms with E-state index >= 15 is 0 Å². The van der Waals surface area contributed by atoms with E-state index in [0.717, 1.165) is 31.4 Å². The zero-order chi connectivity index (χ0) is 12.0. The molecular formula is C11H17NO4. The van der Waals surface area contributed by atoms with Crippen molar-refractivity contribution >= 4 is 11.9 Å². The first-order chi connectivity index (χ1) is 7.65. The SMILES string of the molecule is COCC1CCCCN1C(=O)/C=C/C(=O)O. The number of nitrogens with zero attached hydrogens (tertiary/aromatic N) is 1. The average molecular weight is 227 g/mol. The molecule has 5 nitrogen and oxygen atoms in total. The summed E-state index contributed by atoms with van der Waals surface area (Å²) in [5.41, 5.74) is 0. The van der Waals surface area contributed by atoms with Crippen molar-refractivity contribution in [3.63, 3.8) is 0 Å². The molecule has 1 unspecified atom stereocenters. The molecule has 1 amide bonds. The Hall–Kier alpha value is -1.36. The highest BCUT2D eigenvalue weighted by Crippen LogP contribution is 2.17. The number of carboxylic acids is 1. The summed E-state index contributed by atoms with van der Waals surface area (Å²) in [6.07, 6.45) is 4.95. The summed E-state index contributed by atoms with van der Waals surface area (Å²) in [4.78, 5) is 23.7. The summed E-state index contributed by atoms with van der Waals surface area (Å²) < 4.78 is 5.05. The van der Waals surface area contributed by atoms with Crippen LogP contribution in [-0.2, 0) is 14.3 Å². The summed E-state index contributed by atoms with van der Waals surface area (Å²) in [6.45, 7) is 1.18. The monoisotopic (exact) mass is 227 g/mol. The summed E-state index contributed by atoms with van der Waals surface area (Å²) in [6, 6.07) is 0.0738. The van der Waals surface area contributed by atoms with E-state index in [1.165, 1.54) is 0 Å². The van der Waals surface area contributed by atoms with E-state index in [4.69, 9.17) is 9.84 Å². The molecule has 1 rings (SSSR count). The molecule has 1 atom stereocenters. The number of carboxylic acid groups (broad SMARTS) is 1. The van der Waals surface area contributed by atoms with Gasteiger partial charge in [0.1, 0.15) is 0 Å². The van der Waals surface area contributed by atoms with Gasteiger partial charge in [0, 0.05) is 25.8 Å². The van der Waals surface area contributed by atoms with Gasteiger partial charge in [-0.3, -0.25) is 4.79 Å². The van der Waals surface area contributed by atoms with Crippen molar-refractivity contribution in [3.8, 4) is 0 Å². The molecule has 0 aromatic heterocycles. The number of methoxy groups -OCH3 is 1. The first-order valence-corrected chi connectivity index (χ1v) is 5.35. The number of likely N-dealkylation sites (tertiary alicyclic amines) is 1. The molecule has 5 heteroatoms. The van der Waals surface area contributed by atoms with E-state index in [-0.39, 0.29) is 11.9 Å². The lowest BCUT2D eigenvalue weighted by Crippen LogP contribution is -2.45. The van der Waals surface area contributed by atoms with Crippen LogP contribution < -0.4 is 0 Å². The van der Waals surface area contributed by atoms with Gasteiger partial charge in [0.05, 0.1) is 12.6 Å². The van der Waals surface area contributed by atoms with Crippen molar-refractivity contribution in [1.82, 2.24) is 4.90 Å². The molecule has 0 radical (unpaired) electrons. The molecule has 1 aliphatic rings. The second-order valence-electron chi connectivity index (χ2n) is 3.81. The van der Waals surface area contributed by atoms with Crippen LogP contribution >= 0.6 is 0 Å². The van der Waals surface area contributed by atoms with Gasteiger partial charge in [0.25, 0.3) is 0 Å². The Labute approximate surface area is 94.7 Å². The van der Waals surface area contributed by atoms with E-state index in [1.54, 1.807) is 12.0 Å². The standard InChI is InChI=1S/C11H17NO4/c1-16-8-9-4-2-3-7-12(9)10(13)5-6-11(14)15/h5-6,9H,2-4,7-8H2,1H3,(H,14,15)/b6-5+. The van der Waals surface area contributed by atoms with Gasteiger partial charge in [0.2, 0.25) is 5.91 Å². The van der Waals surface area contributed by atoms with Gasteiger partial charge in [-0.1, -0.05) is 0 Å². The minimum Gasteiger partial charge on any atom is -0.478 e. The van der Waals surface area contributed by atoms with Crippen LogP contribution in [0.2, 0.25) is 0 Å². The van der Waals surface area contributed by atoms with Crippen LogP contribution in [0.5, 0.6) is 0 Å². The highest BCUT2D eigenvalue weighted by molar-refractivity contribution is 5.94. The Morgan fingerprint density at radius 3 is 2.81 bits per heavy atom. The Morgan fingerprint density at radius 1 is 1.44 bits per heavy atom. The lowest BCUT2D eigenvalue weighted by molar-refractivity contribution is -0.133. The van der Waals surface area contributed by atoms with Crippen LogP contribution in [0.15, 0.2) is 12.2 Å². The molecule has 1 heterocycles. The van der Waals surface area contributed by atoms with E-state index in [1.807, 2.05) is 0 Å². The molecule has 0 aromatic carbocycles. The zero-order valence-corrected chi connectivity index (χ0v) is 9.39. The lowest BCUT2D eigenvalue weighted by atomic mass is 10.0. The predicted molar refractivity (Wildman–Crippen MR) is 58.0 cm³/mol. The normalized spacial score (nSPS) is 21.3. The summed E-state index contributed by atoms with van der Waals surface area (Å²) in [7, 11) is 1.60. The number of ether oxygens (including phenoxy) is 1. The highest BCUT2D eigenvalue weighted by atomic mass is 16.5. The second kappa shape index (κ2) is 6.27. The lowest BCUT2D eigenvalue weighted by Gasteiger charge is -2.34. The van der Waals surface area contributed by atoms with E-state index in [2.05, 4.69) is 0 Å². The van der Waals surface area contributed by atoms with E-state index in [0.29, 0.717) is 13.2 Å². The number of hydrogen-bond donors (Lipinski definition) is 1. The molecule has 0 bridgehead atoms. The Balaban J connectivity index is 2.60. The van der Waals surface area contributed by atoms with Gasteiger partial charge in [-0.25, -0.2) is 4.79 Å². The minimum absolute atomic E-state index is 0.0738. The van der Waals surface area contributed by atoms with Crippen molar-refractivity contribution in [2.45, 2.75) is 25.3 Å². The van der Waals surface area contributed by atoms with E-state index < -0.39 is 5.97 Å². The van der Waals surface area contributed by atoms with Crippen molar-refractivity contribution in [3.05, 3.63) is 12.2 Å². The van der Waals surface area contributed by atoms with Gasteiger partial charge in [0.15, 0.2) is 0 Å². The van der Waals surface area contributed by atoms with Gasteiger partial charge in [-0.05, 0) is 19.3 Å². The maximum absolute atomic E-state index is 11.7. The topological polar surface area (TPSA) is 66.8 Å². The van der Waals surface area contributed by atoms with Crippen LogP contribution in [0, 0.1) is 0 Å². The average Bonchev–Trinajstić information content (AvgIpc) is 2.27. The number of aliphatic carboxylic acids is 1. The Kier molecular flexibility index (Phi) is 4.98. The highest BCUT2D eigenvalue weighted by Gasteiger charge is 2.25. The Morgan fingerprint density at radius 2 is 2.19 bits per heavy atom. The van der Waals surface area contributed by atoms with E-state index in [9.17, 15) is 9.59 Å². The smallest absolute Gasteiger partial charge is 0.328 e. The number of hydrogen-bond acceptors (Lipinski definition) is 3. The third-order valence-corrected chi connectivity index (χ3v) is 2.64. The quantitative estimate of drug-likeness (QED) is 0.716. The predicted octanol–water partition coefficient (Wildman–Crippen LogP) is 0.655. The summed E-state index contributed by atoms with van der Waals surface area (Å²) in [5, 5.41) is 8.45. The molecule has 1 fully saturated rings. The number of amides is 1. The van der Waals surface area contributed by atoms with Gasteiger partial charge >= 0.3 is 5.97 Å². The maximum Gasteiger partial charge on any atom is 0.328 e. The molecule has 1 aliphatic heterocycles. The number of carbonyl (C=O) groups is 2. The number of carbonyl (C=O) groups excluding carboxylic acids is 1. The molecule has 1 saturated heterocycles. The number of piperidine rings is 1. The molecule has 16 heavy (non-hydrogen) atoms. The van der Waals surface area contributed by atoms with Gasteiger partial charge in [-0.2, -0.15) is 0 Å². The Bertz CT molecular complexity index is 286. The first kappa shape index (κ1) is 12.7. The molecule has 0 aliphatic carbocycles. The molecule has 90 valence electrons. The van der Waals surface area contributed by atoms with Crippen molar-refractivity contribution in [1.29, 1.82) is 0 Å². The van der Waals surface area contributed by atoms with Crippen molar-refractivity contribution < 1.29 is 19.4 Å². The fourth-order valence-corrected chi connectivity index (χ4v) is 1.89. The molecular weight excluding hydrogens is 210 g/mol. The van der Waals surface area contributed by atoms with Crippen LogP contribution in [0.4, 0.5) is 0 Å².